The molecule has 38 heavy (non-hydrogen) atoms. The summed E-state index contributed by atoms with van der Waals surface area (Å²) in [5.74, 6) is -2.60. The van der Waals surface area contributed by atoms with Crippen molar-refractivity contribution in [2.24, 2.45) is 0 Å². The number of halogens is 3. The molecule has 0 spiro atoms. The van der Waals surface area contributed by atoms with Crippen LogP contribution in [0.3, 0.4) is 0 Å². The number of aromatic nitrogens is 3. The monoisotopic (exact) mass is 516 g/mol. The van der Waals surface area contributed by atoms with E-state index in [0.717, 1.165) is 29.1 Å². The van der Waals surface area contributed by atoms with Crippen LogP contribution in [0, 0.1) is 22.9 Å². The number of nitrogen functional groups attached to an aromatic ring is 1. The zero-order valence-corrected chi connectivity index (χ0v) is 19.5. The minimum atomic E-state index is -0.757. The zero-order valence-electron chi connectivity index (χ0n) is 19.5. The predicted molar refractivity (Wildman–Crippen MR) is 137 cm³/mol. The second-order valence-corrected chi connectivity index (χ2v) is 8.34. The molecule has 0 aliphatic rings. The molecule has 190 valence electrons. The van der Waals surface area contributed by atoms with Crippen LogP contribution >= 0.6 is 0 Å². The highest BCUT2D eigenvalue weighted by Gasteiger charge is 2.20. The van der Waals surface area contributed by atoms with Crippen LogP contribution in [0.15, 0.2) is 77.9 Å². The highest BCUT2D eigenvalue weighted by Crippen LogP contribution is 2.26. The normalized spacial score (nSPS) is 11.0. The van der Waals surface area contributed by atoms with Gasteiger partial charge in [-0.2, -0.15) is 0 Å². The van der Waals surface area contributed by atoms with Crippen LogP contribution in [-0.2, 0) is 6.54 Å². The summed E-state index contributed by atoms with van der Waals surface area (Å²) in [6.07, 6.45) is 1.15. The van der Waals surface area contributed by atoms with Gasteiger partial charge >= 0.3 is 0 Å². The Morgan fingerprint density at radius 2 is 1.76 bits per heavy atom. The summed E-state index contributed by atoms with van der Waals surface area (Å²) in [6, 6.07) is 14.4. The highest BCUT2D eigenvalue weighted by atomic mass is 19.1. The largest absolute Gasteiger partial charge is 0.508 e. The average molecular weight is 516 g/mol. The molecule has 0 aliphatic carbocycles. The van der Waals surface area contributed by atoms with Gasteiger partial charge in [-0.15, -0.1) is 0 Å². The lowest BCUT2D eigenvalue weighted by molar-refractivity contribution is 0.469. The van der Waals surface area contributed by atoms with E-state index in [-0.39, 0.29) is 57.5 Å². The molecule has 8 nitrogen and oxygen atoms in total. The minimum absolute atomic E-state index is 0.0177. The maximum Gasteiger partial charge on any atom is 0.266 e. The van der Waals surface area contributed by atoms with Crippen LogP contribution < -0.4 is 16.6 Å². The molecule has 2 aromatic heterocycles. The van der Waals surface area contributed by atoms with E-state index in [2.05, 4.69) is 15.3 Å². The highest BCUT2D eigenvalue weighted by molar-refractivity contribution is 6.16. The van der Waals surface area contributed by atoms with Crippen molar-refractivity contribution in [3.05, 3.63) is 118 Å². The van der Waals surface area contributed by atoms with Crippen LogP contribution in [0.4, 0.5) is 24.8 Å². The predicted octanol–water partition coefficient (Wildman–Crippen LogP) is 4.51. The van der Waals surface area contributed by atoms with Gasteiger partial charge in [0.05, 0.1) is 28.9 Å². The Hall–Kier alpha value is -5.19. The number of hydrogen-bond donors (Lipinski definition) is 4. The fraction of sp³-hybridized carbons (Fsp3) is 0.0370. The van der Waals surface area contributed by atoms with E-state index in [1.54, 1.807) is 18.2 Å². The van der Waals surface area contributed by atoms with Crippen molar-refractivity contribution < 1.29 is 18.3 Å². The summed E-state index contributed by atoms with van der Waals surface area (Å²) >= 11 is 0. The van der Waals surface area contributed by atoms with E-state index in [9.17, 15) is 23.1 Å². The third kappa shape index (κ3) is 4.41. The van der Waals surface area contributed by atoms with Gasteiger partial charge in [0.2, 0.25) is 0 Å². The molecule has 0 fully saturated rings. The Balaban J connectivity index is 1.61. The molecule has 5 N–H and O–H groups in total. The number of para-hydroxylation sites is 1. The van der Waals surface area contributed by atoms with Crippen LogP contribution in [0.2, 0.25) is 0 Å². The van der Waals surface area contributed by atoms with Crippen LogP contribution in [0.1, 0.15) is 16.8 Å². The van der Waals surface area contributed by atoms with Crippen molar-refractivity contribution in [1.82, 2.24) is 14.5 Å². The van der Waals surface area contributed by atoms with Gasteiger partial charge in [-0.05, 0) is 41.8 Å². The van der Waals surface area contributed by atoms with Gasteiger partial charge in [0.25, 0.3) is 5.56 Å². The van der Waals surface area contributed by atoms with E-state index < -0.39 is 23.0 Å². The Morgan fingerprint density at radius 1 is 1.00 bits per heavy atom. The second kappa shape index (κ2) is 9.69. The summed E-state index contributed by atoms with van der Waals surface area (Å²) in [6.45, 7) is -0.124. The molecular weight excluding hydrogens is 497 g/mol. The van der Waals surface area contributed by atoms with Crippen molar-refractivity contribution in [3.63, 3.8) is 0 Å². The molecular formula is C27H19F3N6O2. The van der Waals surface area contributed by atoms with E-state index >= 15 is 0 Å². The number of aromatic hydroxyl groups is 1. The number of anilines is 2. The number of fused-ring (bicyclic) bond motifs is 1. The van der Waals surface area contributed by atoms with E-state index in [1.165, 1.54) is 30.3 Å². The maximum absolute atomic E-state index is 14.8. The first-order chi connectivity index (χ1) is 18.2. The van der Waals surface area contributed by atoms with Gasteiger partial charge in [-0.1, -0.05) is 24.3 Å². The summed E-state index contributed by atoms with van der Waals surface area (Å²) in [7, 11) is 0. The van der Waals surface area contributed by atoms with Gasteiger partial charge in [0.15, 0.2) is 0 Å². The Labute approximate surface area is 213 Å². The van der Waals surface area contributed by atoms with E-state index in [0.29, 0.717) is 5.39 Å². The fourth-order valence-electron chi connectivity index (χ4n) is 4.22. The molecule has 11 heteroatoms. The molecule has 3 aromatic carbocycles. The number of nitrogens with one attached hydrogen (secondary N) is 2. The summed E-state index contributed by atoms with van der Waals surface area (Å²) < 4.78 is 44.3. The summed E-state index contributed by atoms with van der Waals surface area (Å²) in [4.78, 5) is 21.5. The molecule has 0 amide bonds. The van der Waals surface area contributed by atoms with Crippen LogP contribution in [-0.4, -0.2) is 25.4 Å². The van der Waals surface area contributed by atoms with Gasteiger partial charge in [0, 0.05) is 17.3 Å². The first-order valence-electron chi connectivity index (χ1n) is 11.3. The standard InChI is InChI=1S/C27H19F3N6O2/c28-16-8-15(10-18(37)11-16)24(31)23-25(32)34-13-35-26(23)33-12-17-9-14-4-3-6-20(30)22(14)27(38)36(17)21-7-2-1-5-19(21)29/h1-11,13,31,37H,12H2,(H3,32,33,34,35). The minimum Gasteiger partial charge on any atom is -0.508 e. The third-order valence-electron chi connectivity index (χ3n) is 5.90. The van der Waals surface area contributed by atoms with E-state index in [4.69, 9.17) is 11.1 Å². The molecule has 0 saturated heterocycles. The molecule has 0 aliphatic heterocycles. The fourth-order valence-corrected chi connectivity index (χ4v) is 4.22. The number of benzene rings is 3. The maximum atomic E-state index is 14.8. The lowest BCUT2D eigenvalue weighted by atomic mass is 10.0. The van der Waals surface area contributed by atoms with Gasteiger partial charge in [0.1, 0.15) is 41.2 Å². The first kappa shape index (κ1) is 24.5. The molecule has 0 bridgehead atoms. The van der Waals surface area contributed by atoms with Gasteiger partial charge in [-0.3, -0.25) is 14.8 Å². The van der Waals surface area contributed by atoms with Crippen molar-refractivity contribution in [1.29, 1.82) is 5.41 Å². The smallest absolute Gasteiger partial charge is 0.266 e. The van der Waals surface area contributed by atoms with Crippen molar-refractivity contribution >= 4 is 28.1 Å². The van der Waals surface area contributed by atoms with Crippen molar-refractivity contribution in [3.8, 4) is 11.4 Å². The van der Waals surface area contributed by atoms with E-state index in [1.807, 2.05) is 0 Å². The Morgan fingerprint density at radius 3 is 2.53 bits per heavy atom. The number of hydrogen-bond acceptors (Lipinski definition) is 7. The third-order valence-corrected chi connectivity index (χ3v) is 5.90. The quantitative estimate of drug-likeness (QED) is 0.246. The number of phenolic OH excluding ortho intramolecular Hbond substituents is 1. The molecule has 0 radical (unpaired) electrons. The van der Waals surface area contributed by atoms with Crippen molar-refractivity contribution in [2.45, 2.75) is 6.54 Å². The number of nitrogens with two attached hydrogens (primary N) is 1. The van der Waals surface area contributed by atoms with Gasteiger partial charge in [-0.25, -0.2) is 23.1 Å². The molecule has 2 heterocycles. The molecule has 0 saturated carbocycles. The molecule has 0 atom stereocenters. The number of pyridine rings is 1. The summed E-state index contributed by atoms with van der Waals surface area (Å²) in [5.41, 5.74) is 5.22. The van der Waals surface area contributed by atoms with Crippen LogP contribution in [0.25, 0.3) is 16.5 Å². The SMILES string of the molecule is N=C(c1cc(O)cc(F)c1)c1c(N)ncnc1NCc1cc2cccc(F)c2c(=O)n1-c1ccccc1F. The zero-order chi connectivity index (χ0) is 27.0. The Bertz CT molecular complexity index is 1770. The number of rotatable bonds is 6. The lowest BCUT2D eigenvalue weighted by Crippen LogP contribution is -2.25. The average Bonchev–Trinajstić information content (AvgIpc) is 2.87. The van der Waals surface area contributed by atoms with Crippen molar-refractivity contribution in [2.75, 3.05) is 11.1 Å². The molecule has 5 rings (SSSR count). The summed E-state index contributed by atoms with van der Waals surface area (Å²) in [5, 5.41) is 21.4. The topological polar surface area (TPSA) is 130 Å². The number of phenols is 1. The second-order valence-electron chi connectivity index (χ2n) is 8.34. The van der Waals surface area contributed by atoms with Gasteiger partial charge < -0.3 is 16.2 Å². The molecule has 0 unspecified atom stereocenters. The lowest BCUT2D eigenvalue weighted by Gasteiger charge is -2.18. The Kier molecular flexibility index (Phi) is 6.25. The van der Waals surface area contributed by atoms with Crippen LogP contribution in [0.5, 0.6) is 5.75 Å². The first-order valence-corrected chi connectivity index (χ1v) is 11.3. The molecule has 5 aromatic rings. The number of nitrogens with zero attached hydrogens (tertiary/aromatic N) is 3.